The number of rotatable bonds is 5. The van der Waals surface area contributed by atoms with E-state index >= 15 is 0 Å². The molecule has 1 heterocycles. The third-order valence-corrected chi connectivity index (χ3v) is 5.03. The van der Waals surface area contributed by atoms with Crippen LogP contribution in [0.3, 0.4) is 0 Å². The number of hydrogen-bond donors (Lipinski definition) is 1. The van der Waals surface area contributed by atoms with E-state index in [-0.39, 0.29) is 5.91 Å². The summed E-state index contributed by atoms with van der Waals surface area (Å²) in [6.07, 6.45) is 2.24. The number of carbonyl (C=O) groups is 1. The Kier molecular flexibility index (Phi) is 5.63. The van der Waals surface area contributed by atoms with Gasteiger partial charge in [0.05, 0.1) is 5.69 Å². The predicted octanol–water partition coefficient (Wildman–Crippen LogP) is 5.62. The summed E-state index contributed by atoms with van der Waals surface area (Å²) in [7, 11) is 0. The maximum atomic E-state index is 12.3. The fourth-order valence-corrected chi connectivity index (χ4v) is 3.65. The van der Waals surface area contributed by atoms with Crippen molar-refractivity contribution >= 4 is 45.0 Å². The van der Waals surface area contributed by atoms with Crippen molar-refractivity contribution in [2.45, 2.75) is 19.8 Å². The van der Waals surface area contributed by atoms with E-state index < -0.39 is 0 Å². The van der Waals surface area contributed by atoms with E-state index in [1.54, 1.807) is 6.07 Å². The lowest BCUT2D eigenvalue weighted by atomic mass is 10.1. The molecule has 0 spiro atoms. The molecule has 0 atom stereocenters. The molecule has 2 aromatic carbocycles. The molecule has 1 N–H and O–H groups in total. The molecule has 0 fully saturated rings. The van der Waals surface area contributed by atoms with Crippen molar-refractivity contribution in [3.8, 4) is 11.3 Å². The van der Waals surface area contributed by atoms with Gasteiger partial charge in [-0.3, -0.25) is 10.1 Å². The van der Waals surface area contributed by atoms with Gasteiger partial charge in [-0.05, 0) is 52.8 Å². The van der Waals surface area contributed by atoms with Crippen molar-refractivity contribution in [3.63, 3.8) is 0 Å². The molecule has 1 aromatic heterocycles. The van der Waals surface area contributed by atoms with Gasteiger partial charge in [0.2, 0.25) is 0 Å². The Morgan fingerprint density at radius 3 is 2.71 bits per heavy atom. The van der Waals surface area contributed by atoms with E-state index in [1.165, 1.54) is 16.9 Å². The van der Waals surface area contributed by atoms with Gasteiger partial charge in [0.1, 0.15) is 0 Å². The molecular weight excluding hydrogens is 431 g/mol. The smallest absolute Gasteiger partial charge is 0.257 e. The lowest BCUT2D eigenvalue weighted by Crippen LogP contribution is -2.11. The Morgan fingerprint density at radius 1 is 1.21 bits per heavy atom. The van der Waals surface area contributed by atoms with Crippen LogP contribution >= 0.6 is 33.9 Å². The molecule has 24 heavy (non-hydrogen) atoms. The third kappa shape index (κ3) is 4.21. The molecule has 0 saturated carbocycles. The van der Waals surface area contributed by atoms with Gasteiger partial charge in [-0.2, -0.15) is 0 Å². The minimum absolute atomic E-state index is 0.132. The second-order valence-corrected chi connectivity index (χ2v) is 7.55. The standard InChI is InChI=1S/C19H17IN2OS/c1-2-4-13-7-9-14(10-8-13)17-12-24-19(21-17)22-18(23)15-5-3-6-16(20)11-15/h3,5-12H,2,4H2,1H3,(H,21,22,23). The second-order valence-electron chi connectivity index (χ2n) is 5.45. The minimum atomic E-state index is -0.132. The number of anilines is 1. The van der Waals surface area contributed by atoms with Crippen LogP contribution in [0, 0.1) is 3.57 Å². The monoisotopic (exact) mass is 448 g/mol. The molecule has 1 amide bonds. The molecule has 3 aromatic rings. The SMILES string of the molecule is CCCc1ccc(-c2csc(NC(=O)c3cccc(I)c3)n2)cc1. The molecule has 0 aliphatic heterocycles. The summed E-state index contributed by atoms with van der Waals surface area (Å²) in [6, 6.07) is 16.0. The minimum Gasteiger partial charge on any atom is -0.298 e. The second kappa shape index (κ2) is 7.90. The highest BCUT2D eigenvalue weighted by molar-refractivity contribution is 14.1. The number of aryl methyl sites for hydroxylation is 1. The normalized spacial score (nSPS) is 10.6. The third-order valence-electron chi connectivity index (χ3n) is 3.60. The van der Waals surface area contributed by atoms with Crippen LogP contribution in [-0.2, 0) is 6.42 Å². The number of halogens is 1. The molecule has 0 aliphatic rings. The molecule has 5 heteroatoms. The molecule has 3 rings (SSSR count). The molecule has 3 nitrogen and oxygen atoms in total. The Hall–Kier alpha value is -1.73. The maximum Gasteiger partial charge on any atom is 0.257 e. The first-order valence-electron chi connectivity index (χ1n) is 7.77. The summed E-state index contributed by atoms with van der Waals surface area (Å²) in [5.74, 6) is -0.132. The summed E-state index contributed by atoms with van der Waals surface area (Å²) in [4.78, 5) is 16.8. The first-order valence-corrected chi connectivity index (χ1v) is 9.73. The predicted molar refractivity (Wildman–Crippen MR) is 109 cm³/mol. The lowest BCUT2D eigenvalue weighted by molar-refractivity contribution is 0.102. The van der Waals surface area contributed by atoms with Crippen LogP contribution < -0.4 is 5.32 Å². The van der Waals surface area contributed by atoms with E-state index in [2.05, 4.69) is 64.1 Å². The first-order chi connectivity index (χ1) is 11.7. The van der Waals surface area contributed by atoms with Crippen LogP contribution in [0.15, 0.2) is 53.9 Å². The molecular formula is C19H17IN2OS. The van der Waals surface area contributed by atoms with Crippen molar-refractivity contribution in [2.75, 3.05) is 5.32 Å². The quantitative estimate of drug-likeness (QED) is 0.515. The van der Waals surface area contributed by atoms with Gasteiger partial charge in [0.15, 0.2) is 5.13 Å². The summed E-state index contributed by atoms with van der Waals surface area (Å²) >= 11 is 3.64. The lowest BCUT2D eigenvalue weighted by Gasteiger charge is -2.02. The molecule has 0 saturated heterocycles. The summed E-state index contributed by atoms with van der Waals surface area (Å²) in [6.45, 7) is 2.18. The highest BCUT2D eigenvalue weighted by atomic mass is 127. The molecule has 0 unspecified atom stereocenters. The summed E-state index contributed by atoms with van der Waals surface area (Å²) in [5.41, 5.74) is 3.94. The topological polar surface area (TPSA) is 42.0 Å². The van der Waals surface area contributed by atoms with E-state index in [0.717, 1.165) is 27.7 Å². The zero-order valence-electron chi connectivity index (χ0n) is 13.3. The van der Waals surface area contributed by atoms with Gasteiger partial charge >= 0.3 is 0 Å². The van der Waals surface area contributed by atoms with Crippen LogP contribution in [0.25, 0.3) is 11.3 Å². The molecule has 122 valence electrons. The average molecular weight is 448 g/mol. The van der Waals surface area contributed by atoms with Crippen molar-refractivity contribution < 1.29 is 4.79 Å². The largest absolute Gasteiger partial charge is 0.298 e. The highest BCUT2D eigenvalue weighted by Crippen LogP contribution is 2.25. The number of aromatic nitrogens is 1. The zero-order valence-corrected chi connectivity index (χ0v) is 16.2. The number of nitrogens with one attached hydrogen (secondary N) is 1. The van der Waals surface area contributed by atoms with Crippen LogP contribution in [-0.4, -0.2) is 10.9 Å². The van der Waals surface area contributed by atoms with Crippen molar-refractivity contribution in [1.29, 1.82) is 0 Å². The van der Waals surface area contributed by atoms with Gasteiger partial charge in [-0.25, -0.2) is 4.98 Å². The Bertz CT molecular complexity index is 843. The van der Waals surface area contributed by atoms with Crippen LogP contribution in [0.2, 0.25) is 0 Å². The van der Waals surface area contributed by atoms with Gasteiger partial charge < -0.3 is 0 Å². The van der Waals surface area contributed by atoms with Crippen molar-refractivity contribution in [1.82, 2.24) is 4.98 Å². The number of nitrogens with zero attached hydrogens (tertiary/aromatic N) is 1. The summed E-state index contributed by atoms with van der Waals surface area (Å²) in [5, 5.41) is 5.46. The molecule has 0 radical (unpaired) electrons. The van der Waals surface area contributed by atoms with E-state index in [9.17, 15) is 4.79 Å². The number of hydrogen-bond acceptors (Lipinski definition) is 3. The van der Waals surface area contributed by atoms with Gasteiger partial charge in [0.25, 0.3) is 5.91 Å². The zero-order chi connectivity index (χ0) is 16.9. The van der Waals surface area contributed by atoms with Crippen LogP contribution in [0.4, 0.5) is 5.13 Å². The maximum absolute atomic E-state index is 12.3. The van der Waals surface area contributed by atoms with Crippen molar-refractivity contribution in [2.24, 2.45) is 0 Å². The highest BCUT2D eigenvalue weighted by Gasteiger charge is 2.10. The number of amides is 1. The summed E-state index contributed by atoms with van der Waals surface area (Å²) < 4.78 is 1.03. The van der Waals surface area contributed by atoms with Gasteiger partial charge in [-0.1, -0.05) is 43.7 Å². The van der Waals surface area contributed by atoms with E-state index in [0.29, 0.717) is 10.7 Å². The molecule has 0 aliphatic carbocycles. The average Bonchev–Trinajstić information content (AvgIpc) is 3.04. The van der Waals surface area contributed by atoms with E-state index in [4.69, 9.17) is 0 Å². The fraction of sp³-hybridized carbons (Fsp3) is 0.158. The Morgan fingerprint density at radius 2 is 2.00 bits per heavy atom. The van der Waals surface area contributed by atoms with Gasteiger partial charge in [0, 0.05) is 20.1 Å². The van der Waals surface area contributed by atoms with Crippen LogP contribution in [0.5, 0.6) is 0 Å². The number of carbonyl (C=O) groups excluding carboxylic acids is 1. The number of benzene rings is 2. The number of thiazole rings is 1. The Labute approximate surface area is 159 Å². The van der Waals surface area contributed by atoms with E-state index in [1.807, 2.05) is 23.6 Å². The Balaban J connectivity index is 1.72. The first kappa shape index (κ1) is 17.1. The molecule has 0 bridgehead atoms. The fourth-order valence-electron chi connectivity index (χ4n) is 2.39. The van der Waals surface area contributed by atoms with Crippen LogP contribution in [0.1, 0.15) is 29.3 Å². The van der Waals surface area contributed by atoms with Gasteiger partial charge in [-0.15, -0.1) is 11.3 Å². The van der Waals surface area contributed by atoms with Crippen molar-refractivity contribution in [3.05, 3.63) is 68.6 Å².